The first kappa shape index (κ1) is 24.8. The van der Waals surface area contributed by atoms with Crippen LogP contribution in [0.3, 0.4) is 0 Å². The molecule has 0 aliphatic rings. The number of aromatic hydroxyl groups is 1. The van der Waals surface area contributed by atoms with Crippen molar-refractivity contribution in [1.82, 2.24) is 5.06 Å². The Hall–Kier alpha value is -1.20. The van der Waals surface area contributed by atoms with Crippen molar-refractivity contribution in [2.24, 2.45) is 0 Å². The van der Waals surface area contributed by atoms with Crippen LogP contribution in [0.15, 0.2) is 12.1 Å². The molecule has 28 heavy (non-hydrogen) atoms. The van der Waals surface area contributed by atoms with Gasteiger partial charge < -0.3 is 5.11 Å². The van der Waals surface area contributed by atoms with E-state index in [2.05, 4.69) is 53.7 Å². The molecule has 5 heteroatoms. The Morgan fingerprint density at radius 3 is 1.89 bits per heavy atom. The van der Waals surface area contributed by atoms with Crippen LogP contribution in [0, 0.1) is 0 Å². The first-order chi connectivity index (χ1) is 12.7. The van der Waals surface area contributed by atoms with Crippen LogP contribution in [0.2, 0.25) is 0 Å². The number of carbonyl (C=O) groups is 1. The normalized spacial score (nSPS) is 13.5. The van der Waals surface area contributed by atoms with E-state index in [1.54, 1.807) is 0 Å². The van der Waals surface area contributed by atoms with Crippen LogP contribution in [0.25, 0.3) is 0 Å². The Labute approximate surface area is 176 Å². The topological polar surface area (TPSA) is 60.8 Å². The molecule has 4 nitrogen and oxygen atoms in total. The van der Waals surface area contributed by atoms with Crippen LogP contribution in [-0.2, 0) is 15.6 Å². The molecule has 0 aliphatic heterocycles. The summed E-state index contributed by atoms with van der Waals surface area (Å²) in [5, 5.41) is 20.6. The van der Waals surface area contributed by atoms with Gasteiger partial charge in [-0.15, -0.1) is 0 Å². The molecule has 0 fully saturated rings. The summed E-state index contributed by atoms with van der Waals surface area (Å²) in [4.78, 5) is 11.4. The second kappa shape index (κ2) is 10.0. The Bertz CT molecular complexity index is 622. The molecule has 159 valence electrons. The third-order valence-corrected chi connectivity index (χ3v) is 5.60. The Kier molecular flexibility index (Phi) is 8.89. The minimum absolute atomic E-state index is 0.00741. The predicted octanol–water partition coefficient (Wildman–Crippen LogP) is 6.41. The number of phenolic OH excluding ortho intramolecular Hbond substituents is 1. The van der Waals surface area contributed by atoms with E-state index in [9.17, 15) is 9.90 Å². The molecule has 1 atom stereocenters. The molecule has 0 heterocycles. The summed E-state index contributed by atoms with van der Waals surface area (Å²) >= 11 is 5.79. The van der Waals surface area contributed by atoms with E-state index in [1.807, 2.05) is 0 Å². The lowest BCUT2D eigenvalue weighted by molar-refractivity contribution is -0.159. The Morgan fingerprint density at radius 1 is 1.00 bits per heavy atom. The second-order valence-corrected chi connectivity index (χ2v) is 10.4. The number of hydrogen-bond acceptors (Lipinski definition) is 3. The summed E-state index contributed by atoms with van der Waals surface area (Å²) in [5.74, 6) is 0.152. The zero-order chi connectivity index (χ0) is 21.7. The van der Waals surface area contributed by atoms with Gasteiger partial charge in [-0.3, -0.25) is 10.0 Å². The highest BCUT2D eigenvalue weighted by Gasteiger charge is 2.27. The van der Waals surface area contributed by atoms with Crippen LogP contribution in [-0.4, -0.2) is 28.3 Å². The maximum atomic E-state index is 11.4. The highest BCUT2D eigenvalue weighted by Crippen LogP contribution is 2.42. The molecular weight excluding hydrogens is 370 g/mol. The number of amides is 1. The van der Waals surface area contributed by atoms with Gasteiger partial charge in [-0.25, -0.2) is 5.06 Å². The lowest BCUT2D eigenvalue weighted by Crippen LogP contribution is -2.21. The highest BCUT2D eigenvalue weighted by molar-refractivity contribution is 7.80. The smallest absolute Gasteiger partial charge is 0.245 e. The van der Waals surface area contributed by atoms with E-state index in [0.717, 1.165) is 48.8 Å². The van der Waals surface area contributed by atoms with Crippen molar-refractivity contribution < 1.29 is 15.1 Å². The summed E-state index contributed by atoms with van der Waals surface area (Å²) in [6.45, 7) is 12.7. The molecule has 0 saturated heterocycles. The largest absolute Gasteiger partial charge is 0.507 e. The maximum Gasteiger partial charge on any atom is 0.245 e. The standard InChI is InChI=1S/C23H38NO3S/c1-22(2,3)17-14-16(15-18(21(17)26)23(4,5)6)19(28)12-10-8-9-11-13-20(25)24(7)27/h14-15,19,26-27H,8-13H2,1-7H3. The number of nitrogens with zero attached hydrogens (tertiary/aromatic N) is 1. The van der Waals surface area contributed by atoms with Crippen molar-refractivity contribution in [2.45, 2.75) is 96.1 Å². The SMILES string of the molecule is CN(O)C(=O)CCCCCCC([S])c1cc(C(C)(C)C)c(O)c(C(C)(C)C)c1. The van der Waals surface area contributed by atoms with Crippen LogP contribution in [0.1, 0.15) is 102 Å². The minimum atomic E-state index is -0.241. The minimum Gasteiger partial charge on any atom is -0.507 e. The van der Waals surface area contributed by atoms with Gasteiger partial charge in [0.25, 0.3) is 0 Å². The molecule has 2 N–H and O–H groups in total. The fourth-order valence-corrected chi connectivity index (χ4v) is 3.58. The highest BCUT2D eigenvalue weighted by atomic mass is 32.1. The van der Waals surface area contributed by atoms with E-state index in [4.69, 9.17) is 17.8 Å². The summed E-state index contributed by atoms with van der Waals surface area (Å²) in [6, 6.07) is 4.16. The summed E-state index contributed by atoms with van der Waals surface area (Å²) in [5.41, 5.74) is 2.72. The average molecular weight is 409 g/mol. The maximum absolute atomic E-state index is 11.4. The van der Waals surface area contributed by atoms with Gasteiger partial charge in [0.1, 0.15) is 5.75 Å². The monoisotopic (exact) mass is 408 g/mol. The number of unbranched alkanes of at least 4 members (excludes halogenated alkanes) is 3. The molecule has 1 amide bonds. The van der Waals surface area contributed by atoms with E-state index in [-0.39, 0.29) is 22.0 Å². The van der Waals surface area contributed by atoms with Gasteiger partial charge >= 0.3 is 0 Å². The fourth-order valence-electron chi connectivity index (χ4n) is 3.27. The van der Waals surface area contributed by atoms with E-state index in [0.29, 0.717) is 17.2 Å². The summed E-state index contributed by atoms with van der Waals surface area (Å²) in [6.07, 6.45) is 5.05. The van der Waals surface area contributed by atoms with Gasteiger partial charge in [0, 0.05) is 18.7 Å². The first-order valence-corrected chi connectivity index (χ1v) is 10.7. The van der Waals surface area contributed by atoms with Gasteiger partial charge in [0.05, 0.1) is 0 Å². The van der Waals surface area contributed by atoms with Crippen molar-refractivity contribution >= 4 is 18.5 Å². The van der Waals surface area contributed by atoms with Gasteiger partial charge in [-0.05, 0) is 40.4 Å². The van der Waals surface area contributed by atoms with E-state index in [1.165, 1.54) is 7.05 Å². The molecule has 1 rings (SSSR count). The molecule has 1 unspecified atom stereocenters. The second-order valence-electron chi connectivity index (χ2n) is 9.82. The van der Waals surface area contributed by atoms with E-state index < -0.39 is 0 Å². The summed E-state index contributed by atoms with van der Waals surface area (Å²) < 4.78 is 0. The molecule has 0 bridgehead atoms. The number of benzene rings is 1. The lowest BCUT2D eigenvalue weighted by atomic mass is 9.78. The van der Waals surface area contributed by atoms with Gasteiger partial charge in [0.2, 0.25) is 5.91 Å². The van der Waals surface area contributed by atoms with Crippen molar-refractivity contribution in [3.8, 4) is 5.75 Å². The molecular formula is C23H38NO3S. The zero-order valence-corrected chi connectivity index (χ0v) is 19.4. The van der Waals surface area contributed by atoms with Crippen molar-refractivity contribution in [1.29, 1.82) is 0 Å². The Morgan fingerprint density at radius 2 is 1.46 bits per heavy atom. The molecule has 1 aromatic rings. The number of carbonyl (C=O) groups excluding carboxylic acids is 1. The zero-order valence-electron chi connectivity index (χ0n) is 18.6. The number of hydrogen-bond donors (Lipinski definition) is 2. The number of hydroxylamine groups is 2. The van der Waals surface area contributed by atoms with Gasteiger partial charge in [-0.2, -0.15) is 0 Å². The number of rotatable bonds is 8. The van der Waals surface area contributed by atoms with E-state index >= 15 is 0 Å². The van der Waals surface area contributed by atoms with Crippen molar-refractivity contribution in [3.63, 3.8) is 0 Å². The van der Waals surface area contributed by atoms with Gasteiger partial charge in [-0.1, -0.05) is 85.6 Å². The molecule has 1 aromatic carbocycles. The Balaban J connectivity index is 2.77. The molecule has 0 spiro atoms. The molecule has 0 aliphatic carbocycles. The molecule has 0 saturated carbocycles. The van der Waals surface area contributed by atoms with Crippen molar-refractivity contribution in [3.05, 3.63) is 28.8 Å². The number of phenols is 1. The van der Waals surface area contributed by atoms with Crippen LogP contribution >= 0.6 is 12.6 Å². The third kappa shape index (κ3) is 7.32. The van der Waals surface area contributed by atoms with Crippen LogP contribution in [0.4, 0.5) is 0 Å². The van der Waals surface area contributed by atoms with Crippen LogP contribution in [0.5, 0.6) is 5.75 Å². The summed E-state index contributed by atoms with van der Waals surface area (Å²) in [7, 11) is 1.36. The van der Waals surface area contributed by atoms with Crippen molar-refractivity contribution in [2.75, 3.05) is 7.05 Å². The quantitative estimate of drug-likeness (QED) is 0.297. The fraction of sp³-hybridized carbons (Fsp3) is 0.696. The lowest BCUT2D eigenvalue weighted by Gasteiger charge is -2.29. The first-order valence-electron chi connectivity index (χ1n) is 10.2. The average Bonchev–Trinajstić information content (AvgIpc) is 2.55. The van der Waals surface area contributed by atoms with Gasteiger partial charge in [0.15, 0.2) is 0 Å². The molecule has 1 radical (unpaired) electrons. The third-order valence-electron chi connectivity index (χ3n) is 5.09. The van der Waals surface area contributed by atoms with Crippen LogP contribution < -0.4 is 0 Å². The molecule has 0 aromatic heterocycles. The predicted molar refractivity (Wildman–Crippen MR) is 118 cm³/mol.